The second-order valence-corrected chi connectivity index (χ2v) is 6.36. The normalized spacial score (nSPS) is 10.1. The Hall–Kier alpha value is -3.93. The number of hydrogen-bond donors (Lipinski definition) is 3. The van der Waals surface area contributed by atoms with Crippen molar-refractivity contribution in [3.8, 4) is 0 Å². The van der Waals surface area contributed by atoms with Gasteiger partial charge < -0.3 is 16.0 Å². The number of carbonyl (C=O) groups excluding carboxylic acids is 3. The third kappa shape index (κ3) is 5.29. The molecule has 3 amide bonds. The van der Waals surface area contributed by atoms with Crippen molar-refractivity contribution in [2.75, 3.05) is 12.4 Å². The van der Waals surface area contributed by atoms with Crippen molar-refractivity contribution in [1.29, 1.82) is 0 Å². The molecular weight excluding hydrogens is 366 g/mol. The van der Waals surface area contributed by atoms with Crippen LogP contribution in [0.5, 0.6) is 0 Å². The van der Waals surface area contributed by atoms with E-state index < -0.39 is 0 Å². The summed E-state index contributed by atoms with van der Waals surface area (Å²) in [5, 5.41) is 8.20. The Morgan fingerprint density at radius 3 is 2.03 bits per heavy atom. The molecule has 29 heavy (non-hydrogen) atoms. The average molecular weight is 387 g/mol. The van der Waals surface area contributed by atoms with Gasteiger partial charge in [-0.2, -0.15) is 0 Å². The molecular formula is C23H21N3O3. The van der Waals surface area contributed by atoms with Crippen molar-refractivity contribution in [3.63, 3.8) is 0 Å². The third-order valence-electron chi connectivity index (χ3n) is 4.31. The molecule has 3 rings (SSSR count). The maximum atomic E-state index is 12.4. The summed E-state index contributed by atoms with van der Waals surface area (Å²) in [4.78, 5) is 36.2. The smallest absolute Gasteiger partial charge is 0.255 e. The van der Waals surface area contributed by atoms with E-state index in [1.807, 2.05) is 12.1 Å². The molecule has 0 atom stereocenters. The largest absolute Gasteiger partial charge is 0.355 e. The number of benzene rings is 3. The van der Waals surface area contributed by atoms with E-state index in [1.54, 1.807) is 73.8 Å². The van der Waals surface area contributed by atoms with Crippen LogP contribution < -0.4 is 16.0 Å². The Labute approximate surface area is 169 Å². The maximum Gasteiger partial charge on any atom is 0.255 e. The highest BCUT2D eigenvalue weighted by atomic mass is 16.2. The van der Waals surface area contributed by atoms with Crippen LogP contribution in [0.3, 0.4) is 0 Å². The molecule has 0 radical (unpaired) electrons. The Balaban J connectivity index is 1.58. The Bertz CT molecular complexity index is 1020. The van der Waals surface area contributed by atoms with Crippen LogP contribution in [-0.4, -0.2) is 24.8 Å². The summed E-state index contributed by atoms with van der Waals surface area (Å²) in [5.41, 5.74) is 3.01. The standard InChI is InChI=1S/C23H21N3O3/c1-24-21(27)19-9-5-6-16(14-19)15-25-22(28)18-10-12-20(13-11-18)26-23(29)17-7-3-2-4-8-17/h2-14H,15H2,1H3,(H,24,27)(H,25,28)(H,26,29). The lowest BCUT2D eigenvalue weighted by molar-refractivity contribution is 0.0948. The lowest BCUT2D eigenvalue weighted by Crippen LogP contribution is -2.23. The monoisotopic (exact) mass is 387 g/mol. The quantitative estimate of drug-likeness (QED) is 0.607. The number of anilines is 1. The minimum absolute atomic E-state index is 0.175. The van der Waals surface area contributed by atoms with Crippen LogP contribution in [0.2, 0.25) is 0 Å². The van der Waals surface area contributed by atoms with Gasteiger partial charge in [0.2, 0.25) is 0 Å². The van der Waals surface area contributed by atoms with Crippen LogP contribution in [0, 0.1) is 0 Å². The van der Waals surface area contributed by atoms with Crippen LogP contribution in [0.25, 0.3) is 0 Å². The predicted molar refractivity (Wildman–Crippen MR) is 112 cm³/mol. The van der Waals surface area contributed by atoms with Gasteiger partial charge in [-0.15, -0.1) is 0 Å². The summed E-state index contributed by atoms with van der Waals surface area (Å²) < 4.78 is 0. The van der Waals surface area contributed by atoms with Crippen LogP contribution >= 0.6 is 0 Å². The molecule has 146 valence electrons. The van der Waals surface area contributed by atoms with Crippen molar-refractivity contribution < 1.29 is 14.4 Å². The van der Waals surface area contributed by atoms with Crippen molar-refractivity contribution in [2.24, 2.45) is 0 Å². The minimum atomic E-state index is -0.240. The molecule has 0 aliphatic carbocycles. The fourth-order valence-electron chi connectivity index (χ4n) is 2.75. The molecule has 0 bridgehead atoms. The van der Waals surface area contributed by atoms with Gasteiger partial charge >= 0.3 is 0 Å². The molecule has 0 aliphatic heterocycles. The van der Waals surface area contributed by atoms with E-state index >= 15 is 0 Å². The second kappa shape index (κ2) is 9.32. The average Bonchev–Trinajstić information content (AvgIpc) is 2.78. The number of amides is 3. The molecule has 0 spiro atoms. The van der Waals surface area contributed by atoms with Crippen LogP contribution in [0.15, 0.2) is 78.9 Å². The summed E-state index contributed by atoms with van der Waals surface area (Å²) in [6, 6.07) is 22.6. The fourth-order valence-corrected chi connectivity index (χ4v) is 2.75. The zero-order valence-corrected chi connectivity index (χ0v) is 15.9. The van der Waals surface area contributed by atoms with E-state index in [0.29, 0.717) is 28.9 Å². The molecule has 0 aromatic heterocycles. The lowest BCUT2D eigenvalue weighted by Gasteiger charge is -2.09. The van der Waals surface area contributed by atoms with Crippen LogP contribution in [0.4, 0.5) is 5.69 Å². The summed E-state index contributed by atoms with van der Waals surface area (Å²) in [5.74, 6) is -0.624. The van der Waals surface area contributed by atoms with Gasteiger partial charge in [0.25, 0.3) is 17.7 Å². The van der Waals surface area contributed by atoms with Crippen LogP contribution in [-0.2, 0) is 6.54 Å². The first-order valence-corrected chi connectivity index (χ1v) is 9.12. The van der Waals surface area contributed by atoms with Gasteiger partial charge in [-0.25, -0.2) is 0 Å². The van der Waals surface area contributed by atoms with E-state index in [1.165, 1.54) is 0 Å². The molecule has 3 N–H and O–H groups in total. The van der Waals surface area contributed by atoms with E-state index in [0.717, 1.165) is 5.56 Å². The number of rotatable bonds is 6. The Kier molecular flexibility index (Phi) is 6.37. The molecule has 0 saturated heterocycles. The number of carbonyl (C=O) groups is 3. The van der Waals surface area contributed by atoms with E-state index in [4.69, 9.17) is 0 Å². The number of nitrogens with one attached hydrogen (secondary N) is 3. The molecule has 0 saturated carbocycles. The van der Waals surface area contributed by atoms with Crippen molar-refractivity contribution in [3.05, 3.63) is 101 Å². The van der Waals surface area contributed by atoms with Crippen LogP contribution in [0.1, 0.15) is 36.6 Å². The SMILES string of the molecule is CNC(=O)c1cccc(CNC(=O)c2ccc(NC(=O)c3ccccc3)cc2)c1. The van der Waals surface area contributed by atoms with Gasteiger partial charge in [0.1, 0.15) is 0 Å². The minimum Gasteiger partial charge on any atom is -0.355 e. The van der Waals surface area contributed by atoms with Gasteiger partial charge in [-0.1, -0.05) is 30.3 Å². The zero-order valence-electron chi connectivity index (χ0n) is 15.9. The maximum absolute atomic E-state index is 12.4. The molecule has 6 nitrogen and oxygen atoms in total. The van der Waals surface area contributed by atoms with E-state index in [-0.39, 0.29) is 17.7 Å². The molecule has 3 aromatic carbocycles. The van der Waals surface area contributed by atoms with E-state index in [2.05, 4.69) is 16.0 Å². The second-order valence-electron chi connectivity index (χ2n) is 6.36. The molecule has 6 heteroatoms. The Morgan fingerprint density at radius 2 is 1.34 bits per heavy atom. The summed E-state index contributed by atoms with van der Waals surface area (Å²) in [6.45, 7) is 0.302. The first-order chi connectivity index (χ1) is 14.1. The highest BCUT2D eigenvalue weighted by Gasteiger charge is 2.09. The Morgan fingerprint density at radius 1 is 0.690 bits per heavy atom. The van der Waals surface area contributed by atoms with Gasteiger partial charge in [0.15, 0.2) is 0 Å². The summed E-state index contributed by atoms with van der Waals surface area (Å²) >= 11 is 0. The van der Waals surface area contributed by atoms with Crippen molar-refractivity contribution in [2.45, 2.75) is 6.54 Å². The third-order valence-corrected chi connectivity index (χ3v) is 4.31. The first kappa shape index (κ1) is 19.8. The van der Waals surface area contributed by atoms with Gasteiger partial charge in [-0.05, 0) is 54.1 Å². The summed E-state index contributed by atoms with van der Waals surface area (Å²) in [7, 11) is 1.57. The molecule has 0 heterocycles. The van der Waals surface area contributed by atoms with Gasteiger partial charge in [0.05, 0.1) is 0 Å². The molecule has 0 aliphatic rings. The highest BCUT2D eigenvalue weighted by molar-refractivity contribution is 6.04. The topological polar surface area (TPSA) is 87.3 Å². The van der Waals surface area contributed by atoms with Gasteiger partial charge in [0, 0.05) is 36.0 Å². The first-order valence-electron chi connectivity index (χ1n) is 9.12. The molecule has 3 aromatic rings. The van der Waals surface area contributed by atoms with Crippen molar-refractivity contribution in [1.82, 2.24) is 10.6 Å². The lowest BCUT2D eigenvalue weighted by atomic mass is 10.1. The number of hydrogen-bond acceptors (Lipinski definition) is 3. The zero-order chi connectivity index (χ0) is 20.6. The highest BCUT2D eigenvalue weighted by Crippen LogP contribution is 2.12. The van der Waals surface area contributed by atoms with Gasteiger partial charge in [-0.3, -0.25) is 14.4 Å². The fraction of sp³-hybridized carbons (Fsp3) is 0.0870. The van der Waals surface area contributed by atoms with E-state index in [9.17, 15) is 14.4 Å². The van der Waals surface area contributed by atoms with Crippen molar-refractivity contribution >= 4 is 23.4 Å². The molecule has 0 fully saturated rings. The molecule has 0 unspecified atom stereocenters. The summed E-state index contributed by atoms with van der Waals surface area (Å²) in [6.07, 6.45) is 0. The predicted octanol–water partition coefficient (Wildman–Crippen LogP) is 3.23.